The molecule has 1 amide bonds. The SMILES string of the molecule is CCc1nc(C)c(C(=O)O)c(SC(C)C(=O)NC)n1. The average molecular weight is 283 g/mol. The van der Waals surface area contributed by atoms with Crippen molar-refractivity contribution in [3.8, 4) is 0 Å². The molecule has 0 spiro atoms. The smallest absolute Gasteiger partial charge is 0.340 e. The molecule has 1 aromatic rings. The predicted molar refractivity (Wildman–Crippen MR) is 72.5 cm³/mol. The van der Waals surface area contributed by atoms with Gasteiger partial charge in [-0.25, -0.2) is 14.8 Å². The van der Waals surface area contributed by atoms with Gasteiger partial charge in [0.25, 0.3) is 0 Å². The fourth-order valence-corrected chi connectivity index (χ4v) is 2.59. The molecule has 0 aliphatic rings. The maximum atomic E-state index is 11.5. The van der Waals surface area contributed by atoms with Crippen molar-refractivity contribution in [3.05, 3.63) is 17.1 Å². The van der Waals surface area contributed by atoms with Gasteiger partial charge in [-0.15, -0.1) is 0 Å². The molecular formula is C12H17N3O3S. The number of carboxylic acid groups (broad SMARTS) is 1. The minimum absolute atomic E-state index is 0.0675. The van der Waals surface area contributed by atoms with Gasteiger partial charge in [-0.3, -0.25) is 4.79 Å². The van der Waals surface area contributed by atoms with Gasteiger partial charge < -0.3 is 10.4 Å². The maximum Gasteiger partial charge on any atom is 0.340 e. The summed E-state index contributed by atoms with van der Waals surface area (Å²) in [4.78, 5) is 31.1. The number of aromatic nitrogens is 2. The van der Waals surface area contributed by atoms with Crippen molar-refractivity contribution in [2.45, 2.75) is 37.5 Å². The third-order valence-corrected chi connectivity index (χ3v) is 3.62. The number of hydrogen-bond acceptors (Lipinski definition) is 5. The van der Waals surface area contributed by atoms with E-state index in [2.05, 4.69) is 15.3 Å². The minimum atomic E-state index is -1.08. The van der Waals surface area contributed by atoms with E-state index < -0.39 is 11.2 Å². The molecule has 0 aromatic carbocycles. The second kappa shape index (κ2) is 6.51. The van der Waals surface area contributed by atoms with Crippen LogP contribution in [0.4, 0.5) is 0 Å². The van der Waals surface area contributed by atoms with Gasteiger partial charge in [0.05, 0.1) is 10.9 Å². The Morgan fingerprint density at radius 2 is 2.05 bits per heavy atom. The van der Waals surface area contributed by atoms with Crippen molar-refractivity contribution in [1.29, 1.82) is 0 Å². The molecule has 1 aromatic heterocycles. The zero-order chi connectivity index (χ0) is 14.6. The van der Waals surface area contributed by atoms with E-state index >= 15 is 0 Å². The third-order valence-electron chi connectivity index (χ3n) is 2.54. The van der Waals surface area contributed by atoms with E-state index in [0.717, 1.165) is 11.8 Å². The molecule has 1 unspecified atom stereocenters. The van der Waals surface area contributed by atoms with E-state index in [1.165, 1.54) is 0 Å². The number of carbonyl (C=O) groups excluding carboxylic acids is 1. The highest BCUT2D eigenvalue weighted by atomic mass is 32.2. The summed E-state index contributed by atoms with van der Waals surface area (Å²) in [6.07, 6.45) is 0.614. The number of aryl methyl sites for hydroxylation is 2. The third kappa shape index (κ3) is 3.66. The van der Waals surface area contributed by atoms with Gasteiger partial charge in [-0.05, 0) is 13.8 Å². The summed E-state index contributed by atoms with van der Waals surface area (Å²) in [5, 5.41) is 11.7. The highest BCUT2D eigenvalue weighted by molar-refractivity contribution is 8.00. The number of rotatable bonds is 5. The van der Waals surface area contributed by atoms with Crippen LogP contribution in [-0.2, 0) is 11.2 Å². The predicted octanol–water partition coefficient (Wildman–Crippen LogP) is 1.27. The molecular weight excluding hydrogens is 266 g/mol. The van der Waals surface area contributed by atoms with Crippen LogP contribution >= 0.6 is 11.8 Å². The van der Waals surface area contributed by atoms with E-state index in [9.17, 15) is 14.7 Å². The number of carbonyl (C=O) groups is 2. The summed E-state index contributed by atoms with van der Waals surface area (Å²) >= 11 is 1.13. The second-order valence-electron chi connectivity index (χ2n) is 3.94. The van der Waals surface area contributed by atoms with Gasteiger partial charge in [-0.2, -0.15) is 0 Å². The highest BCUT2D eigenvalue weighted by Crippen LogP contribution is 2.27. The monoisotopic (exact) mass is 283 g/mol. The lowest BCUT2D eigenvalue weighted by Gasteiger charge is -2.13. The largest absolute Gasteiger partial charge is 0.478 e. The van der Waals surface area contributed by atoms with Crippen molar-refractivity contribution >= 4 is 23.6 Å². The topological polar surface area (TPSA) is 92.2 Å². The first-order valence-corrected chi connectivity index (χ1v) is 6.77. The van der Waals surface area contributed by atoms with Crippen LogP contribution in [0.5, 0.6) is 0 Å². The summed E-state index contributed by atoms with van der Waals surface area (Å²) < 4.78 is 0. The first kappa shape index (κ1) is 15.4. The van der Waals surface area contributed by atoms with Crippen LogP contribution in [0.25, 0.3) is 0 Å². The maximum absolute atomic E-state index is 11.5. The summed E-state index contributed by atoms with van der Waals surface area (Å²) in [5.74, 6) is -0.670. The van der Waals surface area contributed by atoms with Crippen LogP contribution in [0.1, 0.15) is 35.7 Å². The Morgan fingerprint density at radius 1 is 1.42 bits per heavy atom. The van der Waals surface area contributed by atoms with Crippen LogP contribution in [0, 0.1) is 6.92 Å². The quantitative estimate of drug-likeness (QED) is 0.624. The van der Waals surface area contributed by atoms with Gasteiger partial charge in [-0.1, -0.05) is 18.7 Å². The molecule has 6 nitrogen and oxygen atoms in total. The Kier molecular flexibility index (Phi) is 5.29. The minimum Gasteiger partial charge on any atom is -0.478 e. The van der Waals surface area contributed by atoms with Crippen LogP contribution in [0.2, 0.25) is 0 Å². The van der Waals surface area contributed by atoms with Gasteiger partial charge in [0.15, 0.2) is 0 Å². The fraction of sp³-hybridized carbons (Fsp3) is 0.500. The lowest BCUT2D eigenvalue weighted by atomic mass is 10.2. The van der Waals surface area contributed by atoms with E-state index in [4.69, 9.17) is 0 Å². The van der Waals surface area contributed by atoms with Crippen LogP contribution in [0.3, 0.4) is 0 Å². The Balaban J connectivity index is 3.19. The molecule has 7 heteroatoms. The molecule has 1 rings (SSSR count). The molecule has 0 bridgehead atoms. The molecule has 19 heavy (non-hydrogen) atoms. The second-order valence-corrected chi connectivity index (χ2v) is 5.27. The van der Waals surface area contributed by atoms with Crippen molar-refractivity contribution in [2.75, 3.05) is 7.05 Å². The van der Waals surface area contributed by atoms with Crippen LogP contribution < -0.4 is 5.32 Å². The molecule has 0 radical (unpaired) electrons. The van der Waals surface area contributed by atoms with Gasteiger partial charge in [0.2, 0.25) is 5.91 Å². The number of carboxylic acids is 1. The zero-order valence-electron chi connectivity index (χ0n) is 11.4. The number of thioether (sulfide) groups is 1. The number of hydrogen-bond donors (Lipinski definition) is 2. The summed E-state index contributed by atoms with van der Waals surface area (Å²) in [5.41, 5.74) is 0.490. The normalized spacial score (nSPS) is 12.0. The first-order chi connectivity index (χ1) is 8.90. The number of nitrogens with one attached hydrogen (secondary N) is 1. The average Bonchev–Trinajstić information content (AvgIpc) is 2.36. The summed E-state index contributed by atoms with van der Waals surface area (Å²) in [6.45, 7) is 5.24. The molecule has 0 saturated heterocycles. The van der Waals surface area contributed by atoms with Gasteiger partial charge >= 0.3 is 5.97 Å². The molecule has 2 N–H and O–H groups in total. The van der Waals surface area contributed by atoms with Crippen molar-refractivity contribution in [1.82, 2.24) is 15.3 Å². The molecule has 0 aliphatic heterocycles. The summed E-state index contributed by atoms with van der Waals surface area (Å²) in [7, 11) is 1.54. The van der Waals surface area contributed by atoms with E-state index in [-0.39, 0.29) is 11.5 Å². The number of amides is 1. The molecule has 1 heterocycles. The number of aromatic carboxylic acids is 1. The Hall–Kier alpha value is -1.63. The Bertz CT molecular complexity index is 505. The number of nitrogens with zero attached hydrogens (tertiary/aromatic N) is 2. The van der Waals surface area contributed by atoms with E-state index in [1.54, 1.807) is 20.9 Å². The molecule has 0 aliphatic carbocycles. The van der Waals surface area contributed by atoms with Crippen molar-refractivity contribution < 1.29 is 14.7 Å². The lowest BCUT2D eigenvalue weighted by Crippen LogP contribution is -2.27. The van der Waals surface area contributed by atoms with E-state index in [1.807, 2.05) is 6.92 Å². The van der Waals surface area contributed by atoms with E-state index in [0.29, 0.717) is 23.0 Å². The van der Waals surface area contributed by atoms with Gasteiger partial charge in [0.1, 0.15) is 16.4 Å². The Labute approximate surface area is 116 Å². The zero-order valence-corrected chi connectivity index (χ0v) is 12.2. The molecule has 104 valence electrons. The Morgan fingerprint density at radius 3 is 2.53 bits per heavy atom. The van der Waals surface area contributed by atoms with Crippen LogP contribution in [-0.4, -0.2) is 39.2 Å². The van der Waals surface area contributed by atoms with Crippen molar-refractivity contribution in [3.63, 3.8) is 0 Å². The lowest BCUT2D eigenvalue weighted by molar-refractivity contribution is -0.119. The van der Waals surface area contributed by atoms with Crippen molar-refractivity contribution in [2.24, 2.45) is 0 Å². The summed E-state index contributed by atoms with van der Waals surface area (Å²) in [6, 6.07) is 0. The molecule has 0 fully saturated rings. The van der Waals surface area contributed by atoms with Crippen LogP contribution in [0.15, 0.2) is 5.03 Å². The molecule has 0 saturated carbocycles. The van der Waals surface area contributed by atoms with Gasteiger partial charge in [0, 0.05) is 13.5 Å². The first-order valence-electron chi connectivity index (χ1n) is 5.89. The highest BCUT2D eigenvalue weighted by Gasteiger charge is 2.22. The standard InChI is InChI=1S/C12H17N3O3S/c1-5-8-14-6(2)9(12(17)18)11(15-8)19-7(3)10(16)13-4/h7H,5H2,1-4H3,(H,13,16)(H,17,18). The molecule has 1 atom stereocenters. The fourth-order valence-electron chi connectivity index (χ4n) is 1.52.